The number of hydrogen-bond acceptors (Lipinski definition) is 23. The van der Waals surface area contributed by atoms with Gasteiger partial charge in [-0.3, -0.25) is 14.1 Å². The van der Waals surface area contributed by atoms with Gasteiger partial charge in [-0.05, 0) is 48.0 Å². The van der Waals surface area contributed by atoms with Crippen LogP contribution in [-0.2, 0) is 42.6 Å². The Kier molecular flexibility index (Phi) is 14.6. The molecule has 0 bridgehead atoms. The van der Waals surface area contributed by atoms with Crippen molar-refractivity contribution >= 4 is 115 Å². The van der Waals surface area contributed by atoms with Crippen molar-refractivity contribution in [2.45, 2.75) is 19.8 Å². The fourth-order valence-corrected chi connectivity index (χ4v) is 6.73. The van der Waals surface area contributed by atoms with Gasteiger partial charge in [0.1, 0.15) is 27.8 Å². The molecular formula is C24H19ClN6O15S5. The van der Waals surface area contributed by atoms with Crippen LogP contribution in [0.15, 0.2) is 66.5 Å². The van der Waals surface area contributed by atoms with Gasteiger partial charge in [0.25, 0.3) is 10.1 Å². The van der Waals surface area contributed by atoms with E-state index in [0.29, 0.717) is 40.7 Å². The number of thioether (sulfide) groups is 1. The number of azo groups is 1. The molecule has 6 N–H and O–H groups in total. The van der Waals surface area contributed by atoms with E-state index in [9.17, 15) is 27.7 Å². The van der Waals surface area contributed by atoms with Crippen LogP contribution in [0.3, 0.4) is 0 Å². The van der Waals surface area contributed by atoms with Gasteiger partial charge >= 0.3 is 11.9 Å². The minimum absolute atomic E-state index is 0.106. The third kappa shape index (κ3) is 11.1. The van der Waals surface area contributed by atoms with Crippen LogP contribution in [0.25, 0.3) is 10.8 Å². The summed E-state index contributed by atoms with van der Waals surface area (Å²) in [6.07, 6.45) is 0. The summed E-state index contributed by atoms with van der Waals surface area (Å²) >= 11 is 8.09. The number of carboxylic acid groups (broad SMARTS) is 1. The van der Waals surface area contributed by atoms with Crippen molar-refractivity contribution in [1.82, 2.24) is 15.0 Å². The van der Waals surface area contributed by atoms with Gasteiger partial charge in [0.15, 0.2) is 10.9 Å². The van der Waals surface area contributed by atoms with Gasteiger partial charge in [-0.2, -0.15) is 23.4 Å². The van der Waals surface area contributed by atoms with Gasteiger partial charge in [-0.25, -0.2) is 10.5 Å². The standard InChI is InChI=1S/C24H19ClN6O15S5/c1-41-15-6-10(49-42-18(34)9-48-45-43-36)2-4-13(15)30-31-19-16(50-46-44-37)7-12-11(20(19)35)3-5-14(21(12)51(38,39)40)26-23-27-22(25)28-24(29-23)47-8-17(32)33/h2-7,35-37H,8-9H2,1H3,(H,32,33)(H,38,39,40)(H,26,27,28,29). The van der Waals surface area contributed by atoms with Gasteiger partial charge in [-0.1, -0.05) is 21.8 Å². The number of ether oxygens (including phenoxy) is 1. The SMILES string of the molecule is COc1cc(SOC(=O)CSOOO)ccc1N=Nc1c(SOOO)cc2c(S(=O)(=O)O)c(Nc3nc(Cl)nc(SCC(=O)O)n3)ccc2c1O. The number of anilines is 2. The number of benzene rings is 3. The summed E-state index contributed by atoms with van der Waals surface area (Å²) in [4.78, 5) is 33.8. The Morgan fingerprint density at radius 2 is 1.75 bits per heavy atom. The molecule has 0 spiro atoms. The lowest BCUT2D eigenvalue weighted by molar-refractivity contribution is -0.432. The van der Waals surface area contributed by atoms with Gasteiger partial charge < -0.3 is 24.4 Å². The number of carbonyl (C=O) groups excluding carboxylic acids is 1. The Hall–Kier alpha value is -3.77. The van der Waals surface area contributed by atoms with Gasteiger partial charge in [0, 0.05) is 22.8 Å². The molecule has 4 rings (SSSR count). The third-order valence-corrected chi connectivity index (χ3v) is 9.45. The molecule has 21 nitrogen and oxygen atoms in total. The monoisotopic (exact) mass is 826 g/mol. The molecule has 0 aliphatic carbocycles. The van der Waals surface area contributed by atoms with Crippen LogP contribution < -0.4 is 10.1 Å². The molecule has 0 amide bonds. The van der Waals surface area contributed by atoms with Crippen molar-refractivity contribution in [3.8, 4) is 11.5 Å². The zero-order valence-corrected chi connectivity index (χ0v) is 29.7. The van der Waals surface area contributed by atoms with E-state index in [1.807, 2.05) is 0 Å². The van der Waals surface area contributed by atoms with Crippen molar-refractivity contribution in [3.63, 3.8) is 0 Å². The molecule has 0 aliphatic heterocycles. The summed E-state index contributed by atoms with van der Waals surface area (Å²) in [7, 11) is -3.77. The lowest BCUT2D eigenvalue weighted by Crippen LogP contribution is -2.08. The van der Waals surface area contributed by atoms with Crippen LogP contribution in [0.2, 0.25) is 5.28 Å². The van der Waals surface area contributed by atoms with Crippen LogP contribution in [0.5, 0.6) is 11.5 Å². The predicted octanol–water partition coefficient (Wildman–Crippen LogP) is 6.02. The third-order valence-electron chi connectivity index (χ3n) is 5.65. The summed E-state index contributed by atoms with van der Waals surface area (Å²) < 4.78 is 54.7. The van der Waals surface area contributed by atoms with E-state index in [4.69, 9.17) is 36.1 Å². The van der Waals surface area contributed by atoms with Crippen LogP contribution in [0, 0.1) is 0 Å². The van der Waals surface area contributed by atoms with Crippen molar-refractivity contribution in [3.05, 3.63) is 41.7 Å². The zero-order valence-electron chi connectivity index (χ0n) is 24.9. The first kappa shape index (κ1) is 40.0. The topological polar surface area (TPSA) is 300 Å². The van der Waals surface area contributed by atoms with Gasteiger partial charge in [0.05, 0.1) is 52.4 Å². The van der Waals surface area contributed by atoms with Crippen molar-refractivity contribution < 1.29 is 71.0 Å². The largest absolute Gasteiger partial charge is 0.505 e. The Bertz CT molecular complexity index is 2060. The minimum Gasteiger partial charge on any atom is -0.505 e. The summed E-state index contributed by atoms with van der Waals surface area (Å²) in [5.74, 6) is -3.42. The van der Waals surface area contributed by atoms with Crippen LogP contribution >= 0.6 is 59.5 Å². The molecule has 272 valence electrons. The predicted molar refractivity (Wildman–Crippen MR) is 179 cm³/mol. The molecule has 0 saturated heterocycles. The number of aromatic nitrogens is 3. The quantitative estimate of drug-likeness (QED) is 0.0127. The number of nitrogens with zero attached hydrogens (tertiary/aromatic N) is 5. The molecule has 1 heterocycles. The van der Waals surface area contributed by atoms with E-state index in [2.05, 4.69) is 49.2 Å². The summed E-state index contributed by atoms with van der Waals surface area (Å²) in [6.45, 7) is 0. The number of nitrogens with one attached hydrogen (secondary N) is 1. The molecule has 3 aromatic carbocycles. The van der Waals surface area contributed by atoms with Gasteiger partial charge in [0.2, 0.25) is 11.2 Å². The lowest BCUT2D eigenvalue weighted by atomic mass is 10.1. The number of aromatic hydroxyl groups is 1. The second kappa shape index (κ2) is 18.6. The normalized spacial score (nSPS) is 11.6. The molecule has 0 unspecified atom stereocenters. The smallest absolute Gasteiger partial charge is 0.330 e. The Balaban J connectivity index is 1.73. The number of phenols is 1. The van der Waals surface area contributed by atoms with E-state index >= 15 is 0 Å². The zero-order chi connectivity index (χ0) is 37.1. The Morgan fingerprint density at radius 1 is 0.980 bits per heavy atom. The molecular weight excluding hydrogens is 808 g/mol. The van der Waals surface area contributed by atoms with E-state index in [1.54, 1.807) is 0 Å². The van der Waals surface area contributed by atoms with E-state index in [1.165, 1.54) is 31.4 Å². The Morgan fingerprint density at radius 3 is 2.43 bits per heavy atom. The number of carbonyl (C=O) groups is 2. The van der Waals surface area contributed by atoms with Crippen molar-refractivity contribution in [2.24, 2.45) is 10.2 Å². The molecule has 27 heteroatoms. The molecule has 0 saturated carbocycles. The number of phenolic OH excluding ortho intramolecular Hbond substituents is 1. The fraction of sp³-hybridized carbons (Fsp3) is 0.125. The number of rotatable bonds is 18. The number of fused-ring (bicyclic) bond motifs is 1. The average Bonchev–Trinajstić information content (AvgIpc) is 3.08. The molecule has 0 fully saturated rings. The summed E-state index contributed by atoms with van der Waals surface area (Å²) in [5, 5.41) is 54.0. The van der Waals surface area contributed by atoms with Gasteiger partial charge in [-0.15, -0.1) is 18.9 Å². The van der Waals surface area contributed by atoms with E-state index in [0.717, 1.165) is 12.1 Å². The summed E-state index contributed by atoms with van der Waals surface area (Å²) in [5.41, 5.74) is -0.496. The number of halogens is 1. The average molecular weight is 827 g/mol. The van der Waals surface area contributed by atoms with Crippen molar-refractivity contribution in [2.75, 3.05) is 23.9 Å². The second-order valence-corrected chi connectivity index (χ2v) is 13.7. The highest BCUT2D eigenvalue weighted by atomic mass is 35.5. The molecule has 0 atom stereocenters. The lowest BCUT2D eigenvalue weighted by Gasteiger charge is -2.15. The number of aliphatic carboxylic acids is 1. The summed E-state index contributed by atoms with van der Waals surface area (Å²) in [6, 6.07) is 7.92. The van der Waals surface area contributed by atoms with Crippen LogP contribution in [-0.4, -0.2) is 79.2 Å². The maximum atomic E-state index is 12.7. The Labute approximate surface area is 307 Å². The van der Waals surface area contributed by atoms with Crippen molar-refractivity contribution in [1.29, 1.82) is 0 Å². The van der Waals surface area contributed by atoms with Crippen LogP contribution in [0.1, 0.15) is 0 Å². The highest BCUT2D eigenvalue weighted by Crippen LogP contribution is 2.47. The molecule has 0 aliphatic rings. The number of hydrogen-bond donors (Lipinski definition) is 6. The molecule has 51 heavy (non-hydrogen) atoms. The highest BCUT2D eigenvalue weighted by molar-refractivity contribution is 7.99. The minimum atomic E-state index is -5.09. The first-order valence-corrected chi connectivity index (χ1v) is 18.1. The van der Waals surface area contributed by atoms with Crippen LogP contribution in [0.4, 0.5) is 23.0 Å². The van der Waals surface area contributed by atoms with E-state index in [-0.39, 0.29) is 72.7 Å². The molecule has 0 radical (unpaired) electrons. The molecule has 4 aromatic rings. The fourth-order valence-electron chi connectivity index (χ4n) is 3.79. The van der Waals surface area contributed by atoms with E-state index < -0.39 is 38.5 Å². The number of carboxylic acids is 1. The maximum absolute atomic E-state index is 12.7. The molecule has 1 aromatic heterocycles. The number of methoxy groups -OCH3 is 1. The maximum Gasteiger partial charge on any atom is 0.330 e. The second-order valence-electron chi connectivity index (χ2n) is 8.81. The highest BCUT2D eigenvalue weighted by Gasteiger charge is 2.25. The first-order chi connectivity index (χ1) is 24.3. The first-order valence-electron chi connectivity index (χ1n) is 12.9.